The summed E-state index contributed by atoms with van der Waals surface area (Å²) < 4.78 is 1.56. The number of carbonyl (C=O) groups is 1. The molecule has 1 fully saturated rings. The molecule has 100 valence electrons. The third kappa shape index (κ3) is 3.01. The lowest BCUT2D eigenvalue weighted by Gasteiger charge is -2.37. The Morgan fingerprint density at radius 2 is 2.39 bits per heavy atom. The molecule has 1 amide bonds. The minimum absolute atomic E-state index is 0.0521. The summed E-state index contributed by atoms with van der Waals surface area (Å²) in [5.74, 6) is 0.476. The van der Waals surface area contributed by atoms with Crippen molar-refractivity contribution in [1.82, 2.24) is 14.7 Å². The Bertz CT molecular complexity index is 401. The van der Waals surface area contributed by atoms with Gasteiger partial charge in [-0.15, -0.1) is 0 Å². The minimum Gasteiger partial charge on any atom is -0.396 e. The van der Waals surface area contributed by atoms with Gasteiger partial charge in [0, 0.05) is 25.4 Å². The number of hydrogen-bond donors (Lipinski definition) is 2. The highest BCUT2D eigenvalue weighted by molar-refractivity contribution is 5.76. The second-order valence-electron chi connectivity index (χ2n) is 4.69. The van der Waals surface area contributed by atoms with E-state index in [0.717, 1.165) is 12.8 Å². The normalized spacial score (nSPS) is 15.4. The fraction of sp³-hybridized carbons (Fsp3) is 0.667. The van der Waals surface area contributed by atoms with Crippen molar-refractivity contribution in [3.05, 3.63) is 12.3 Å². The van der Waals surface area contributed by atoms with Crippen molar-refractivity contribution in [1.29, 1.82) is 0 Å². The maximum Gasteiger partial charge on any atom is 0.244 e. The Balaban J connectivity index is 1.94. The largest absolute Gasteiger partial charge is 0.396 e. The van der Waals surface area contributed by atoms with E-state index < -0.39 is 0 Å². The van der Waals surface area contributed by atoms with Crippen LogP contribution in [0.3, 0.4) is 0 Å². The average molecular weight is 252 g/mol. The lowest BCUT2D eigenvalue weighted by molar-refractivity contribution is -0.136. The van der Waals surface area contributed by atoms with Crippen LogP contribution in [0.2, 0.25) is 0 Å². The number of aromatic nitrogens is 2. The predicted molar refractivity (Wildman–Crippen MR) is 67.7 cm³/mol. The van der Waals surface area contributed by atoms with Crippen LogP contribution in [0.1, 0.15) is 25.7 Å². The van der Waals surface area contributed by atoms with Crippen molar-refractivity contribution >= 4 is 11.7 Å². The zero-order valence-electron chi connectivity index (χ0n) is 10.5. The summed E-state index contributed by atoms with van der Waals surface area (Å²) >= 11 is 0. The van der Waals surface area contributed by atoms with Crippen molar-refractivity contribution < 1.29 is 9.90 Å². The standard InChI is InChI=1S/C12H20N4O2/c13-11-5-7-15(14-11)9-12(18)16(6-2-8-17)10-3-1-4-10/h5,7,10,17H,1-4,6,8-9H2,(H2,13,14). The van der Waals surface area contributed by atoms with Gasteiger partial charge in [0.25, 0.3) is 0 Å². The van der Waals surface area contributed by atoms with E-state index in [1.54, 1.807) is 16.9 Å². The summed E-state index contributed by atoms with van der Waals surface area (Å²) in [5.41, 5.74) is 5.52. The zero-order valence-corrected chi connectivity index (χ0v) is 10.5. The Hall–Kier alpha value is -1.56. The van der Waals surface area contributed by atoms with Crippen LogP contribution in [0, 0.1) is 0 Å². The van der Waals surface area contributed by atoms with Gasteiger partial charge in [0.05, 0.1) is 0 Å². The van der Waals surface area contributed by atoms with E-state index in [1.807, 2.05) is 4.90 Å². The molecule has 0 radical (unpaired) electrons. The second-order valence-corrected chi connectivity index (χ2v) is 4.69. The van der Waals surface area contributed by atoms with Crippen LogP contribution in [0.25, 0.3) is 0 Å². The lowest BCUT2D eigenvalue weighted by Crippen LogP contribution is -2.46. The third-order valence-electron chi connectivity index (χ3n) is 3.35. The first-order valence-electron chi connectivity index (χ1n) is 6.40. The Morgan fingerprint density at radius 3 is 2.89 bits per heavy atom. The summed E-state index contributed by atoms with van der Waals surface area (Å²) in [7, 11) is 0. The van der Waals surface area contributed by atoms with Crippen LogP contribution >= 0.6 is 0 Å². The van der Waals surface area contributed by atoms with Crippen molar-refractivity contribution in [2.24, 2.45) is 0 Å². The van der Waals surface area contributed by atoms with Crippen LogP contribution in [0.5, 0.6) is 0 Å². The molecule has 0 bridgehead atoms. The molecule has 0 unspecified atom stereocenters. The van der Waals surface area contributed by atoms with Gasteiger partial charge in [0.2, 0.25) is 5.91 Å². The number of nitrogen functional groups attached to an aromatic ring is 1. The molecule has 0 saturated heterocycles. The van der Waals surface area contributed by atoms with Crippen LogP contribution in [-0.4, -0.2) is 44.9 Å². The number of hydrogen-bond acceptors (Lipinski definition) is 4. The van der Waals surface area contributed by atoms with Crippen LogP contribution in [-0.2, 0) is 11.3 Å². The molecule has 0 aromatic carbocycles. The quantitative estimate of drug-likeness (QED) is 0.759. The van der Waals surface area contributed by atoms with E-state index in [0.29, 0.717) is 24.8 Å². The molecular formula is C12H20N4O2. The predicted octanol–water partition coefficient (Wildman–Crippen LogP) is 0.229. The molecule has 1 aromatic heterocycles. The van der Waals surface area contributed by atoms with Crippen molar-refractivity contribution in [2.45, 2.75) is 38.3 Å². The number of amides is 1. The highest BCUT2D eigenvalue weighted by atomic mass is 16.3. The van der Waals surface area contributed by atoms with Gasteiger partial charge >= 0.3 is 0 Å². The van der Waals surface area contributed by atoms with Gasteiger partial charge in [-0.05, 0) is 31.7 Å². The van der Waals surface area contributed by atoms with E-state index in [2.05, 4.69) is 5.10 Å². The van der Waals surface area contributed by atoms with Gasteiger partial charge in [0.1, 0.15) is 12.4 Å². The molecule has 0 spiro atoms. The fourth-order valence-electron chi connectivity index (χ4n) is 2.15. The van der Waals surface area contributed by atoms with Gasteiger partial charge in [-0.2, -0.15) is 5.10 Å². The number of aliphatic hydroxyl groups is 1. The molecule has 6 heteroatoms. The van der Waals surface area contributed by atoms with Gasteiger partial charge < -0.3 is 15.7 Å². The first-order valence-corrected chi connectivity index (χ1v) is 6.40. The number of carbonyl (C=O) groups excluding carboxylic acids is 1. The van der Waals surface area contributed by atoms with E-state index in [4.69, 9.17) is 10.8 Å². The number of aliphatic hydroxyl groups excluding tert-OH is 1. The minimum atomic E-state index is 0.0521. The van der Waals surface area contributed by atoms with Gasteiger partial charge in [-0.1, -0.05) is 0 Å². The van der Waals surface area contributed by atoms with Gasteiger partial charge in [0.15, 0.2) is 0 Å². The SMILES string of the molecule is Nc1ccn(CC(=O)N(CCCO)C2CCC2)n1. The summed E-state index contributed by atoms with van der Waals surface area (Å²) in [6, 6.07) is 2.02. The molecule has 2 rings (SSSR count). The van der Waals surface area contributed by atoms with Crippen LogP contribution < -0.4 is 5.73 Å². The summed E-state index contributed by atoms with van der Waals surface area (Å²) in [4.78, 5) is 14.1. The monoisotopic (exact) mass is 252 g/mol. The Kier molecular flexibility index (Phi) is 4.19. The van der Waals surface area contributed by atoms with E-state index in [9.17, 15) is 4.79 Å². The van der Waals surface area contributed by atoms with Crippen molar-refractivity contribution in [3.63, 3.8) is 0 Å². The molecule has 6 nitrogen and oxygen atoms in total. The average Bonchev–Trinajstić information content (AvgIpc) is 2.67. The van der Waals surface area contributed by atoms with Gasteiger partial charge in [-0.3, -0.25) is 9.48 Å². The molecule has 1 aliphatic carbocycles. The van der Waals surface area contributed by atoms with E-state index >= 15 is 0 Å². The van der Waals surface area contributed by atoms with Gasteiger partial charge in [-0.25, -0.2) is 0 Å². The highest BCUT2D eigenvalue weighted by Crippen LogP contribution is 2.25. The molecule has 1 heterocycles. The molecule has 1 aliphatic rings. The molecule has 0 atom stereocenters. The van der Waals surface area contributed by atoms with Crippen LogP contribution in [0.15, 0.2) is 12.3 Å². The summed E-state index contributed by atoms with van der Waals surface area (Å²) in [5, 5.41) is 12.9. The maximum atomic E-state index is 12.2. The van der Waals surface area contributed by atoms with Crippen molar-refractivity contribution in [2.75, 3.05) is 18.9 Å². The Labute approximate surface area is 106 Å². The number of nitrogens with zero attached hydrogens (tertiary/aromatic N) is 3. The molecular weight excluding hydrogens is 232 g/mol. The molecule has 18 heavy (non-hydrogen) atoms. The molecule has 0 aliphatic heterocycles. The number of anilines is 1. The summed E-state index contributed by atoms with van der Waals surface area (Å²) in [6.07, 6.45) is 5.65. The van der Waals surface area contributed by atoms with Crippen molar-refractivity contribution in [3.8, 4) is 0 Å². The lowest BCUT2D eigenvalue weighted by atomic mass is 9.91. The number of rotatable bonds is 6. The number of nitrogens with two attached hydrogens (primary N) is 1. The summed E-state index contributed by atoms with van der Waals surface area (Å²) in [6.45, 7) is 0.959. The third-order valence-corrected chi connectivity index (χ3v) is 3.35. The van der Waals surface area contributed by atoms with E-state index in [1.165, 1.54) is 6.42 Å². The Morgan fingerprint density at radius 1 is 1.61 bits per heavy atom. The maximum absolute atomic E-state index is 12.2. The fourth-order valence-corrected chi connectivity index (χ4v) is 2.15. The first-order chi connectivity index (χ1) is 8.70. The molecule has 1 aromatic rings. The zero-order chi connectivity index (χ0) is 13.0. The molecule has 3 N–H and O–H groups in total. The molecule has 1 saturated carbocycles. The first kappa shape index (κ1) is 12.9. The smallest absolute Gasteiger partial charge is 0.244 e. The van der Waals surface area contributed by atoms with E-state index in [-0.39, 0.29) is 19.1 Å². The second kappa shape index (κ2) is 5.86. The topological polar surface area (TPSA) is 84.4 Å². The van der Waals surface area contributed by atoms with Crippen LogP contribution in [0.4, 0.5) is 5.82 Å². The highest BCUT2D eigenvalue weighted by Gasteiger charge is 2.28.